The normalized spacial score (nSPS) is 22.1. The van der Waals surface area contributed by atoms with Gasteiger partial charge in [-0.2, -0.15) is 0 Å². The van der Waals surface area contributed by atoms with Crippen molar-refractivity contribution in [2.45, 2.75) is 18.8 Å². The molecule has 1 fully saturated rings. The van der Waals surface area contributed by atoms with Crippen molar-refractivity contribution in [3.8, 4) is 0 Å². The fourth-order valence-electron chi connectivity index (χ4n) is 1.30. The summed E-state index contributed by atoms with van der Waals surface area (Å²) in [6.07, 6.45) is 0.491. The molecule has 0 aliphatic carbocycles. The fraction of sp³-hybridized carbons (Fsp3) is 0.857. The number of hydrogen-bond acceptors (Lipinski definition) is 1. The average Bonchev–Trinajstić information content (AvgIpc) is 2.01. The van der Waals surface area contributed by atoms with E-state index in [1.54, 1.807) is 7.05 Å². The molecule has 1 rings (SSSR count). The van der Waals surface area contributed by atoms with Crippen molar-refractivity contribution in [2.24, 2.45) is 0 Å². The van der Waals surface area contributed by atoms with Crippen LogP contribution in [-0.2, 0) is 0 Å². The lowest BCUT2D eigenvalue weighted by atomic mass is 10.1. The smallest absolute Gasteiger partial charge is 0.265 e. The molecule has 0 radical (unpaired) electrons. The van der Waals surface area contributed by atoms with Crippen LogP contribution >= 0.6 is 12.2 Å². The van der Waals surface area contributed by atoms with Crippen molar-refractivity contribution >= 4 is 17.3 Å². The van der Waals surface area contributed by atoms with Crippen LogP contribution in [0.4, 0.5) is 8.78 Å². The Morgan fingerprint density at radius 2 is 2.25 bits per heavy atom. The van der Waals surface area contributed by atoms with Crippen molar-refractivity contribution in [3.63, 3.8) is 0 Å². The summed E-state index contributed by atoms with van der Waals surface area (Å²) in [5, 5.41) is 3.11. The Morgan fingerprint density at radius 1 is 1.58 bits per heavy atom. The van der Waals surface area contributed by atoms with E-state index in [0.29, 0.717) is 18.1 Å². The summed E-state index contributed by atoms with van der Waals surface area (Å²) in [6.45, 7) is 0.391. The van der Waals surface area contributed by atoms with Crippen molar-refractivity contribution in [3.05, 3.63) is 0 Å². The van der Waals surface area contributed by atoms with Crippen LogP contribution < -0.4 is 5.32 Å². The molecule has 0 atom stereocenters. The molecule has 5 heteroatoms. The zero-order chi connectivity index (χ0) is 9.19. The largest absolute Gasteiger partial charge is 0.366 e. The highest BCUT2D eigenvalue weighted by atomic mass is 32.1. The van der Waals surface area contributed by atoms with Gasteiger partial charge in [0.2, 0.25) is 0 Å². The van der Waals surface area contributed by atoms with Crippen molar-refractivity contribution in [1.82, 2.24) is 10.2 Å². The van der Waals surface area contributed by atoms with E-state index in [-0.39, 0.29) is 13.0 Å². The van der Waals surface area contributed by atoms with Gasteiger partial charge in [0.05, 0.1) is 6.54 Å². The Kier molecular flexibility index (Phi) is 2.82. The highest BCUT2D eigenvalue weighted by molar-refractivity contribution is 7.80. The second-order valence-corrected chi connectivity index (χ2v) is 3.32. The maximum atomic E-state index is 12.8. The molecule has 0 aromatic rings. The highest BCUT2D eigenvalue weighted by Crippen LogP contribution is 2.26. The molecule has 0 spiro atoms. The lowest BCUT2D eigenvalue weighted by Crippen LogP contribution is -2.48. The lowest BCUT2D eigenvalue weighted by molar-refractivity contribution is -0.0467. The molecule has 70 valence electrons. The van der Waals surface area contributed by atoms with Crippen LogP contribution in [0.5, 0.6) is 0 Å². The minimum absolute atomic E-state index is 0.0180. The average molecular weight is 194 g/mol. The zero-order valence-corrected chi connectivity index (χ0v) is 7.76. The van der Waals surface area contributed by atoms with E-state index in [9.17, 15) is 8.78 Å². The summed E-state index contributed by atoms with van der Waals surface area (Å²) >= 11 is 4.86. The minimum atomic E-state index is -2.57. The van der Waals surface area contributed by atoms with Crippen LogP contribution in [0.15, 0.2) is 0 Å². The minimum Gasteiger partial charge on any atom is -0.366 e. The summed E-state index contributed by atoms with van der Waals surface area (Å²) in [7, 11) is 1.65. The van der Waals surface area contributed by atoms with Gasteiger partial charge >= 0.3 is 0 Å². The van der Waals surface area contributed by atoms with Gasteiger partial charge in [-0.1, -0.05) is 0 Å². The molecule has 12 heavy (non-hydrogen) atoms. The van der Waals surface area contributed by atoms with Crippen molar-refractivity contribution < 1.29 is 8.78 Å². The van der Waals surface area contributed by atoms with Crippen LogP contribution in [0.25, 0.3) is 0 Å². The van der Waals surface area contributed by atoms with E-state index in [1.807, 2.05) is 0 Å². The first-order valence-corrected chi connectivity index (χ1v) is 4.30. The number of hydrogen-bond donors (Lipinski definition) is 1. The van der Waals surface area contributed by atoms with E-state index in [0.717, 1.165) is 0 Å². The molecule has 0 saturated carbocycles. The van der Waals surface area contributed by atoms with Gasteiger partial charge in [0, 0.05) is 20.0 Å². The number of thiocarbonyl (C=S) groups is 1. The second-order valence-electron chi connectivity index (χ2n) is 2.94. The van der Waals surface area contributed by atoms with Gasteiger partial charge in [-0.25, -0.2) is 8.78 Å². The van der Waals surface area contributed by atoms with Gasteiger partial charge in [0.15, 0.2) is 5.11 Å². The molecule has 0 bridgehead atoms. The zero-order valence-electron chi connectivity index (χ0n) is 6.94. The van der Waals surface area contributed by atoms with Gasteiger partial charge in [-0.3, -0.25) is 0 Å². The summed E-state index contributed by atoms with van der Waals surface area (Å²) in [4.78, 5) is 1.51. The van der Waals surface area contributed by atoms with Crippen LogP contribution in [0.3, 0.4) is 0 Å². The van der Waals surface area contributed by atoms with E-state index in [2.05, 4.69) is 5.32 Å². The Bertz CT molecular complexity index is 184. The molecule has 1 saturated heterocycles. The van der Waals surface area contributed by atoms with Gasteiger partial charge in [-0.15, -0.1) is 0 Å². The summed E-state index contributed by atoms with van der Waals surface area (Å²) in [5.41, 5.74) is 0. The quantitative estimate of drug-likeness (QED) is 0.584. The molecular formula is C7H12F2N2S. The Labute approximate surface area is 75.9 Å². The summed E-state index contributed by atoms with van der Waals surface area (Å²) < 4.78 is 25.6. The second kappa shape index (κ2) is 3.51. The number of rotatable bonds is 0. The molecule has 0 amide bonds. The molecule has 0 unspecified atom stereocenters. The molecule has 1 N–H and O–H groups in total. The van der Waals surface area contributed by atoms with Crippen LogP contribution in [0.1, 0.15) is 12.8 Å². The first-order chi connectivity index (χ1) is 5.55. The number of halogens is 2. The SMILES string of the molecule is CNC(=S)N1CCCC(F)(F)C1. The topological polar surface area (TPSA) is 15.3 Å². The van der Waals surface area contributed by atoms with E-state index >= 15 is 0 Å². The third kappa shape index (κ3) is 2.27. The summed E-state index contributed by atoms with van der Waals surface area (Å²) in [6, 6.07) is 0. The third-order valence-electron chi connectivity index (χ3n) is 1.89. The predicted molar refractivity (Wildman–Crippen MR) is 47.4 cm³/mol. The molecule has 1 heterocycles. The van der Waals surface area contributed by atoms with E-state index in [1.165, 1.54) is 4.90 Å². The van der Waals surface area contributed by atoms with E-state index in [4.69, 9.17) is 12.2 Å². The Hall–Kier alpha value is -0.450. The first-order valence-electron chi connectivity index (χ1n) is 3.90. The molecule has 0 aromatic carbocycles. The van der Waals surface area contributed by atoms with Crippen LogP contribution in [0.2, 0.25) is 0 Å². The predicted octanol–water partition coefficient (Wildman–Crippen LogP) is 1.22. The maximum absolute atomic E-state index is 12.8. The van der Waals surface area contributed by atoms with E-state index < -0.39 is 5.92 Å². The fourth-order valence-corrected chi connectivity index (χ4v) is 1.45. The highest BCUT2D eigenvalue weighted by Gasteiger charge is 2.35. The molecule has 1 aliphatic heterocycles. The number of piperidine rings is 1. The maximum Gasteiger partial charge on any atom is 0.265 e. The van der Waals surface area contributed by atoms with Crippen LogP contribution in [0, 0.1) is 0 Å². The molecule has 0 aromatic heterocycles. The standard InChI is InChI=1S/C7H12F2N2S/c1-10-6(12)11-4-2-3-7(8,9)5-11/h2-5H2,1H3,(H,10,12). The van der Waals surface area contributed by atoms with Crippen molar-refractivity contribution in [2.75, 3.05) is 20.1 Å². The third-order valence-corrected chi connectivity index (χ3v) is 2.36. The van der Waals surface area contributed by atoms with Crippen LogP contribution in [-0.4, -0.2) is 36.1 Å². The molecule has 2 nitrogen and oxygen atoms in total. The molecular weight excluding hydrogens is 182 g/mol. The number of likely N-dealkylation sites (tertiary alicyclic amines) is 1. The van der Waals surface area contributed by atoms with Gasteiger partial charge in [0.25, 0.3) is 5.92 Å². The van der Waals surface area contributed by atoms with Gasteiger partial charge < -0.3 is 10.2 Å². The lowest BCUT2D eigenvalue weighted by Gasteiger charge is -2.33. The Morgan fingerprint density at radius 3 is 2.75 bits per heavy atom. The van der Waals surface area contributed by atoms with Gasteiger partial charge in [0.1, 0.15) is 0 Å². The first kappa shape index (κ1) is 9.64. The molecule has 1 aliphatic rings. The number of alkyl halides is 2. The van der Waals surface area contributed by atoms with Crippen molar-refractivity contribution in [1.29, 1.82) is 0 Å². The summed E-state index contributed by atoms with van der Waals surface area (Å²) in [5.74, 6) is -2.57. The monoisotopic (exact) mass is 194 g/mol. The van der Waals surface area contributed by atoms with Gasteiger partial charge in [-0.05, 0) is 18.6 Å². The number of nitrogens with zero attached hydrogens (tertiary/aromatic N) is 1. The number of nitrogens with one attached hydrogen (secondary N) is 1. The Balaban J connectivity index is 2.52.